The number of hydrogen-bond acceptors (Lipinski definition) is 6. The lowest BCUT2D eigenvalue weighted by Gasteiger charge is -2.06. The smallest absolute Gasteiger partial charge is 0.341 e. The van der Waals surface area contributed by atoms with Gasteiger partial charge in [-0.15, -0.1) is 6.42 Å². The van der Waals surface area contributed by atoms with E-state index in [1.54, 1.807) is 48.5 Å². The number of ether oxygens (including phenoxy) is 4. The van der Waals surface area contributed by atoms with Crippen LogP contribution in [-0.4, -0.2) is 40.4 Å². The van der Waals surface area contributed by atoms with E-state index >= 15 is 0 Å². The molecular formula is C30H22O6. The lowest BCUT2D eigenvalue weighted by atomic mass is 10.0. The summed E-state index contributed by atoms with van der Waals surface area (Å²) >= 11 is 0. The number of hydrogen-bond donors (Lipinski definition) is 0. The fourth-order valence-corrected chi connectivity index (χ4v) is 3.24. The van der Waals surface area contributed by atoms with Gasteiger partial charge in [0, 0.05) is 27.8 Å². The first-order chi connectivity index (χ1) is 17.4. The van der Waals surface area contributed by atoms with Gasteiger partial charge in [-0.05, 0) is 54.6 Å². The molecule has 0 atom stereocenters. The van der Waals surface area contributed by atoms with Crippen molar-refractivity contribution >= 4 is 11.9 Å². The molecule has 6 nitrogen and oxygen atoms in total. The average Bonchev–Trinajstić information content (AvgIpc) is 2.93. The number of terminal acetylenes is 1. The summed E-state index contributed by atoms with van der Waals surface area (Å²) in [7, 11) is 5.56. The van der Waals surface area contributed by atoms with Gasteiger partial charge in [0.1, 0.15) is 22.6 Å². The van der Waals surface area contributed by atoms with Crippen molar-refractivity contribution in [3.8, 4) is 47.5 Å². The van der Waals surface area contributed by atoms with Crippen molar-refractivity contribution in [2.75, 3.05) is 28.4 Å². The predicted molar refractivity (Wildman–Crippen MR) is 135 cm³/mol. The fraction of sp³-hybridized carbons (Fsp3) is 0.133. The normalized spacial score (nSPS) is 9.42. The molecule has 0 unspecified atom stereocenters. The monoisotopic (exact) mass is 478 g/mol. The molecule has 0 N–H and O–H groups in total. The van der Waals surface area contributed by atoms with Crippen molar-refractivity contribution in [2.24, 2.45) is 0 Å². The Hall–Kier alpha value is -5.12. The topological polar surface area (TPSA) is 71.1 Å². The van der Waals surface area contributed by atoms with Crippen LogP contribution in [0.1, 0.15) is 48.5 Å². The molecule has 178 valence electrons. The minimum Gasteiger partial charge on any atom is -0.496 e. The summed E-state index contributed by atoms with van der Waals surface area (Å²) in [5.74, 6) is 14.6. The third-order valence-corrected chi connectivity index (χ3v) is 5.02. The molecule has 3 aromatic carbocycles. The molecule has 0 saturated heterocycles. The lowest BCUT2D eigenvalue weighted by Crippen LogP contribution is -2.04. The quantitative estimate of drug-likeness (QED) is 0.416. The molecule has 0 spiro atoms. The van der Waals surface area contributed by atoms with Gasteiger partial charge in [0.25, 0.3) is 0 Å². The third-order valence-electron chi connectivity index (χ3n) is 5.02. The molecular weight excluding hydrogens is 456 g/mol. The molecule has 6 heteroatoms. The Morgan fingerprint density at radius 3 is 1.33 bits per heavy atom. The van der Waals surface area contributed by atoms with E-state index in [4.69, 9.17) is 25.4 Å². The SMILES string of the molecule is C#Cc1cc(C#Cc2ccc(C(=O)OC)c(OC)c2)cc(C#Cc2ccc(C(=O)OC)c(OC)c2)c1. The van der Waals surface area contributed by atoms with Gasteiger partial charge < -0.3 is 18.9 Å². The predicted octanol–water partition coefficient (Wildman–Crippen LogP) is 4.06. The maximum atomic E-state index is 11.9. The molecule has 0 fully saturated rings. The van der Waals surface area contributed by atoms with Crippen LogP contribution in [0, 0.1) is 36.0 Å². The van der Waals surface area contributed by atoms with E-state index < -0.39 is 11.9 Å². The van der Waals surface area contributed by atoms with Crippen LogP contribution in [-0.2, 0) is 9.47 Å². The van der Waals surface area contributed by atoms with Gasteiger partial charge in [0.15, 0.2) is 0 Å². The number of methoxy groups -OCH3 is 4. The van der Waals surface area contributed by atoms with Crippen LogP contribution < -0.4 is 9.47 Å². The van der Waals surface area contributed by atoms with Crippen molar-refractivity contribution < 1.29 is 28.5 Å². The number of rotatable bonds is 4. The van der Waals surface area contributed by atoms with Gasteiger partial charge >= 0.3 is 11.9 Å². The van der Waals surface area contributed by atoms with Crippen molar-refractivity contribution in [1.29, 1.82) is 0 Å². The lowest BCUT2D eigenvalue weighted by molar-refractivity contribution is 0.0588. The van der Waals surface area contributed by atoms with Crippen molar-refractivity contribution in [1.82, 2.24) is 0 Å². The van der Waals surface area contributed by atoms with E-state index in [1.807, 2.05) is 6.07 Å². The van der Waals surface area contributed by atoms with Crippen LogP contribution in [0.15, 0.2) is 54.6 Å². The van der Waals surface area contributed by atoms with Gasteiger partial charge in [-0.2, -0.15) is 0 Å². The Morgan fingerprint density at radius 2 is 0.972 bits per heavy atom. The fourth-order valence-electron chi connectivity index (χ4n) is 3.24. The minimum atomic E-state index is -0.492. The molecule has 3 aromatic rings. The number of esters is 2. The van der Waals surface area contributed by atoms with Gasteiger partial charge in [0.05, 0.1) is 28.4 Å². The summed E-state index contributed by atoms with van der Waals surface area (Å²) in [4.78, 5) is 23.7. The van der Waals surface area contributed by atoms with Gasteiger partial charge in [-0.3, -0.25) is 0 Å². The van der Waals surface area contributed by atoms with Crippen molar-refractivity contribution in [3.63, 3.8) is 0 Å². The summed E-state index contributed by atoms with van der Waals surface area (Å²) < 4.78 is 20.1. The van der Waals surface area contributed by atoms with E-state index in [2.05, 4.69) is 29.6 Å². The molecule has 0 radical (unpaired) electrons. The maximum absolute atomic E-state index is 11.9. The van der Waals surface area contributed by atoms with Crippen molar-refractivity contribution in [3.05, 3.63) is 93.5 Å². The molecule has 0 aliphatic carbocycles. The van der Waals surface area contributed by atoms with Crippen LogP contribution in [0.2, 0.25) is 0 Å². The van der Waals surface area contributed by atoms with Crippen LogP contribution in [0.5, 0.6) is 11.5 Å². The average molecular weight is 479 g/mol. The number of benzene rings is 3. The third kappa shape index (κ3) is 6.06. The number of carbonyl (C=O) groups excluding carboxylic acids is 2. The molecule has 0 aromatic heterocycles. The standard InChI is InChI=1S/C30H22O6/c1-6-20-15-23(9-7-21-11-13-25(29(31)35-4)27(18-21)33-2)17-24(16-20)10-8-22-12-14-26(30(32)36-5)28(19-22)34-3/h1,11-19H,2-5H3. The van der Waals surface area contributed by atoms with Crippen LogP contribution in [0.3, 0.4) is 0 Å². The molecule has 0 saturated carbocycles. The Kier molecular flexibility index (Phi) is 8.39. The molecule has 0 bridgehead atoms. The molecule has 0 aliphatic rings. The summed E-state index contributed by atoms with van der Waals surface area (Å²) in [6.07, 6.45) is 5.63. The molecule has 3 rings (SSSR count). The zero-order valence-corrected chi connectivity index (χ0v) is 20.2. The zero-order chi connectivity index (χ0) is 26.1. The van der Waals surface area contributed by atoms with Crippen LogP contribution in [0.4, 0.5) is 0 Å². The second kappa shape index (κ2) is 11.8. The Morgan fingerprint density at radius 1 is 0.583 bits per heavy atom. The number of carbonyl (C=O) groups is 2. The summed E-state index contributed by atoms with van der Waals surface area (Å²) in [5.41, 5.74) is 3.89. The summed E-state index contributed by atoms with van der Waals surface area (Å²) in [5, 5.41) is 0. The molecule has 0 amide bonds. The van der Waals surface area contributed by atoms with E-state index in [-0.39, 0.29) is 0 Å². The van der Waals surface area contributed by atoms with Crippen molar-refractivity contribution in [2.45, 2.75) is 0 Å². The second-order valence-corrected chi connectivity index (χ2v) is 7.26. The highest BCUT2D eigenvalue weighted by atomic mass is 16.5. The Bertz CT molecular complexity index is 1380. The van der Waals surface area contributed by atoms with E-state index in [1.165, 1.54) is 28.4 Å². The highest BCUT2D eigenvalue weighted by molar-refractivity contribution is 5.93. The van der Waals surface area contributed by atoms with Gasteiger partial charge in [-0.25, -0.2) is 9.59 Å². The molecule has 36 heavy (non-hydrogen) atoms. The highest BCUT2D eigenvalue weighted by Crippen LogP contribution is 2.22. The van der Waals surface area contributed by atoms with Crippen LogP contribution >= 0.6 is 0 Å². The highest BCUT2D eigenvalue weighted by Gasteiger charge is 2.13. The molecule has 0 heterocycles. The molecule has 0 aliphatic heterocycles. The Balaban J connectivity index is 1.93. The van der Waals surface area contributed by atoms with E-state index in [0.29, 0.717) is 50.4 Å². The van der Waals surface area contributed by atoms with E-state index in [9.17, 15) is 9.59 Å². The first-order valence-corrected chi connectivity index (χ1v) is 10.6. The maximum Gasteiger partial charge on any atom is 0.341 e. The first kappa shape index (κ1) is 25.5. The van der Waals surface area contributed by atoms with Gasteiger partial charge in [0.2, 0.25) is 0 Å². The zero-order valence-electron chi connectivity index (χ0n) is 20.2. The summed E-state index contributed by atoms with van der Waals surface area (Å²) in [6.45, 7) is 0. The van der Waals surface area contributed by atoms with Crippen LogP contribution in [0.25, 0.3) is 0 Å². The Labute approximate surface area is 210 Å². The largest absolute Gasteiger partial charge is 0.496 e. The first-order valence-electron chi connectivity index (χ1n) is 10.6. The minimum absolute atomic E-state index is 0.314. The van der Waals surface area contributed by atoms with Gasteiger partial charge in [-0.1, -0.05) is 29.6 Å². The van der Waals surface area contributed by atoms with E-state index in [0.717, 1.165) is 0 Å². The second-order valence-electron chi connectivity index (χ2n) is 7.26. The summed E-state index contributed by atoms with van der Waals surface area (Å²) in [6, 6.07) is 15.3.